The number of carbonyl (C=O) groups is 5. The van der Waals surface area contributed by atoms with Crippen LogP contribution >= 0.6 is 0 Å². The Morgan fingerprint density at radius 3 is 2.30 bits per heavy atom. The number of hydrogen-bond donors (Lipinski definition) is 2. The maximum atomic E-state index is 14.1. The molecule has 40 heavy (non-hydrogen) atoms. The molecule has 2 N–H and O–H groups in total. The Kier molecular flexibility index (Phi) is 10.1. The lowest BCUT2D eigenvalue weighted by atomic mass is 9.83. The number of alkyl carbamates (subject to hydrolysis) is 1. The highest BCUT2D eigenvalue weighted by Crippen LogP contribution is 2.65. The first-order chi connectivity index (χ1) is 18.7. The van der Waals surface area contributed by atoms with Crippen molar-refractivity contribution in [1.29, 1.82) is 0 Å². The van der Waals surface area contributed by atoms with Crippen LogP contribution in [0.15, 0.2) is 12.7 Å². The van der Waals surface area contributed by atoms with E-state index in [4.69, 9.17) is 4.74 Å². The molecule has 0 aromatic heterocycles. The summed E-state index contributed by atoms with van der Waals surface area (Å²) in [7, 11) is 1.13. The smallest absolute Gasteiger partial charge is 0.408 e. The highest BCUT2D eigenvalue weighted by atomic mass is 16.6. The number of ketones is 1. The third-order valence-corrected chi connectivity index (χ3v) is 8.74. The number of unbranched alkanes of at least 4 members (excludes halogenated alkanes) is 1. The lowest BCUT2D eigenvalue weighted by molar-refractivity contribution is -0.153. The van der Waals surface area contributed by atoms with Crippen LogP contribution in [0.3, 0.4) is 0 Å². The zero-order valence-corrected chi connectivity index (χ0v) is 24.9. The normalized spacial score (nSPS) is 25.1. The lowest BCUT2D eigenvalue weighted by Gasteiger charge is -2.37. The average Bonchev–Trinajstić information content (AvgIpc) is 3.22. The van der Waals surface area contributed by atoms with Gasteiger partial charge in [0.25, 0.3) is 5.78 Å². The van der Waals surface area contributed by atoms with Crippen molar-refractivity contribution in [2.24, 2.45) is 23.2 Å². The summed E-state index contributed by atoms with van der Waals surface area (Å²) in [4.78, 5) is 67.1. The minimum atomic E-state index is -1.06. The fraction of sp³-hybridized carbons (Fsp3) is 0.767. The van der Waals surface area contributed by atoms with Gasteiger partial charge in [-0.25, -0.2) is 9.59 Å². The molecule has 0 bridgehead atoms. The van der Waals surface area contributed by atoms with Crippen LogP contribution in [0.2, 0.25) is 0 Å². The van der Waals surface area contributed by atoms with E-state index in [9.17, 15) is 24.0 Å². The van der Waals surface area contributed by atoms with Gasteiger partial charge in [-0.05, 0) is 76.0 Å². The largest absolute Gasteiger partial charge is 0.463 e. The molecular formula is C30H47N3O7. The van der Waals surface area contributed by atoms with Crippen molar-refractivity contribution < 1.29 is 33.4 Å². The van der Waals surface area contributed by atoms with Gasteiger partial charge < -0.3 is 25.0 Å². The van der Waals surface area contributed by atoms with Crippen molar-refractivity contribution in [1.82, 2.24) is 15.5 Å². The third-order valence-electron chi connectivity index (χ3n) is 8.74. The fourth-order valence-electron chi connectivity index (χ4n) is 6.51. The number of hydrogen-bond acceptors (Lipinski definition) is 7. The molecule has 0 radical (unpaired) electrons. The van der Waals surface area contributed by atoms with E-state index < -0.39 is 47.5 Å². The molecule has 2 aliphatic carbocycles. The Bertz CT molecular complexity index is 996. The Labute approximate surface area is 238 Å². The fourth-order valence-corrected chi connectivity index (χ4v) is 6.51. The minimum Gasteiger partial charge on any atom is -0.463 e. The van der Waals surface area contributed by atoms with E-state index in [0.717, 1.165) is 39.2 Å². The number of nitrogens with one attached hydrogen (secondary N) is 2. The highest BCUT2D eigenvalue weighted by Gasteiger charge is 2.69. The molecule has 2 saturated carbocycles. The summed E-state index contributed by atoms with van der Waals surface area (Å²) >= 11 is 0. The number of ether oxygens (including phenoxy) is 2. The van der Waals surface area contributed by atoms with E-state index in [2.05, 4.69) is 35.8 Å². The van der Waals surface area contributed by atoms with Crippen LogP contribution < -0.4 is 10.6 Å². The predicted molar refractivity (Wildman–Crippen MR) is 149 cm³/mol. The van der Waals surface area contributed by atoms with Gasteiger partial charge >= 0.3 is 12.1 Å². The summed E-state index contributed by atoms with van der Waals surface area (Å²) in [5.74, 6) is -2.64. The van der Waals surface area contributed by atoms with Crippen LogP contribution in [0.1, 0.15) is 86.0 Å². The number of methoxy groups -OCH3 is 1. The van der Waals surface area contributed by atoms with Crippen molar-refractivity contribution >= 4 is 29.7 Å². The third kappa shape index (κ3) is 7.23. The van der Waals surface area contributed by atoms with Crippen LogP contribution in [-0.4, -0.2) is 71.9 Å². The number of piperidine rings is 1. The number of fused-ring (bicyclic) bond motifs is 1. The number of Topliss-reactive ketones (excluding diaryl/α,β-unsaturated/α-hetero) is 1. The van der Waals surface area contributed by atoms with E-state index in [1.54, 1.807) is 31.7 Å². The van der Waals surface area contributed by atoms with Gasteiger partial charge in [0.1, 0.15) is 17.7 Å². The molecule has 0 aromatic rings. The van der Waals surface area contributed by atoms with Crippen LogP contribution in [0.25, 0.3) is 0 Å². The number of likely N-dealkylation sites (tertiary alicyclic amines) is 1. The maximum absolute atomic E-state index is 14.1. The maximum Gasteiger partial charge on any atom is 0.408 e. The second-order valence-corrected chi connectivity index (χ2v) is 13.0. The van der Waals surface area contributed by atoms with Crippen molar-refractivity contribution in [3.63, 3.8) is 0 Å². The van der Waals surface area contributed by atoms with E-state index in [-0.39, 0.29) is 35.5 Å². The van der Waals surface area contributed by atoms with Crippen molar-refractivity contribution in [2.75, 3.05) is 13.7 Å². The highest BCUT2D eigenvalue weighted by molar-refractivity contribution is 6.36. The Balaban J connectivity index is 1.85. The van der Waals surface area contributed by atoms with Gasteiger partial charge in [-0.2, -0.15) is 0 Å². The number of nitrogens with zero attached hydrogens (tertiary/aromatic N) is 1. The van der Waals surface area contributed by atoms with Gasteiger partial charge in [0.15, 0.2) is 0 Å². The molecule has 1 heterocycles. The molecule has 5 atom stereocenters. The SMILES string of the molecule is C=CCCCC(NC(=O)C1C2C(CN1C(=O)C(NC(=O)OC(C)(C)C)C1CCCCC1)C2(C)C)C(=O)C(=O)OC. The molecular weight excluding hydrogens is 514 g/mol. The van der Waals surface area contributed by atoms with E-state index >= 15 is 0 Å². The number of rotatable bonds is 11. The van der Waals surface area contributed by atoms with E-state index in [0.29, 0.717) is 19.4 Å². The molecule has 5 unspecified atom stereocenters. The molecule has 3 aliphatic rings. The quantitative estimate of drug-likeness (QED) is 0.171. The molecule has 0 spiro atoms. The second-order valence-electron chi connectivity index (χ2n) is 13.0. The van der Waals surface area contributed by atoms with Crippen molar-refractivity contribution in [2.45, 2.75) is 110 Å². The molecule has 3 rings (SSSR count). The number of esters is 1. The topological polar surface area (TPSA) is 131 Å². The van der Waals surface area contributed by atoms with E-state index in [1.807, 2.05) is 0 Å². The first-order valence-electron chi connectivity index (χ1n) is 14.6. The van der Waals surface area contributed by atoms with Crippen molar-refractivity contribution in [3.8, 4) is 0 Å². The zero-order valence-electron chi connectivity index (χ0n) is 24.9. The summed E-state index contributed by atoms with van der Waals surface area (Å²) in [6.45, 7) is 13.5. The lowest BCUT2D eigenvalue weighted by Crippen LogP contribution is -2.59. The van der Waals surface area contributed by atoms with Crippen molar-refractivity contribution in [3.05, 3.63) is 12.7 Å². The molecule has 3 fully saturated rings. The summed E-state index contributed by atoms with van der Waals surface area (Å²) in [6, 6.07) is -2.69. The summed E-state index contributed by atoms with van der Waals surface area (Å²) in [5.41, 5.74) is -0.874. The molecule has 10 heteroatoms. The van der Waals surface area contributed by atoms with E-state index in [1.165, 1.54) is 0 Å². The van der Waals surface area contributed by atoms with Gasteiger partial charge in [-0.15, -0.1) is 6.58 Å². The molecule has 3 amide bonds. The number of allylic oxidation sites excluding steroid dienone is 1. The number of amides is 3. The standard InChI is InChI=1S/C30H47N3O7/c1-8-9-11-16-20(24(34)27(37)39-7)31-25(35)23-21-19(30(21,5)6)17-33(23)26(36)22(18-14-12-10-13-15-18)32-28(38)40-29(2,3)4/h8,18-23H,1,9-17H2,2-7H3,(H,31,35)(H,32,38). The van der Waals surface area contributed by atoms with Gasteiger partial charge in [0, 0.05) is 6.54 Å². The monoisotopic (exact) mass is 561 g/mol. The summed E-state index contributed by atoms with van der Waals surface area (Å²) < 4.78 is 10.1. The summed E-state index contributed by atoms with van der Waals surface area (Å²) in [5, 5.41) is 5.61. The van der Waals surface area contributed by atoms with Crippen LogP contribution in [0.5, 0.6) is 0 Å². The first-order valence-corrected chi connectivity index (χ1v) is 14.6. The van der Waals surface area contributed by atoms with Gasteiger partial charge in [-0.3, -0.25) is 14.4 Å². The van der Waals surface area contributed by atoms with Crippen LogP contribution in [-0.2, 0) is 28.7 Å². The van der Waals surface area contributed by atoms with Crippen LogP contribution in [0, 0.1) is 23.2 Å². The van der Waals surface area contributed by atoms with Gasteiger partial charge in [0.05, 0.1) is 13.2 Å². The zero-order chi connectivity index (χ0) is 29.8. The Morgan fingerprint density at radius 1 is 1.07 bits per heavy atom. The Hall–Kier alpha value is -2.91. The first kappa shape index (κ1) is 31.6. The minimum absolute atomic E-state index is 0.0602. The van der Waals surface area contributed by atoms with Gasteiger partial charge in [-0.1, -0.05) is 39.2 Å². The van der Waals surface area contributed by atoms with Gasteiger partial charge in [0.2, 0.25) is 11.8 Å². The molecule has 224 valence electrons. The molecule has 10 nitrogen and oxygen atoms in total. The predicted octanol–water partition coefficient (Wildman–Crippen LogP) is 3.53. The summed E-state index contributed by atoms with van der Waals surface area (Å²) in [6.07, 6.45) is 7.07. The molecule has 1 aliphatic heterocycles. The van der Waals surface area contributed by atoms with Crippen LogP contribution in [0.4, 0.5) is 4.79 Å². The Morgan fingerprint density at radius 2 is 1.73 bits per heavy atom. The molecule has 0 aromatic carbocycles. The second kappa shape index (κ2) is 12.7. The number of carbonyl (C=O) groups excluding carboxylic acids is 5. The molecule has 1 saturated heterocycles. The average molecular weight is 562 g/mol.